The molecule has 4 N–H and O–H groups in total. The van der Waals surface area contributed by atoms with E-state index >= 15 is 0 Å². The number of aliphatic hydroxyl groups excluding tert-OH is 2. The predicted octanol–water partition coefficient (Wildman–Crippen LogP) is 3.97. The Morgan fingerprint density at radius 3 is 2.35 bits per heavy atom. The van der Waals surface area contributed by atoms with Crippen molar-refractivity contribution in [3.05, 3.63) is 47.1 Å². The second-order valence-corrected chi connectivity index (χ2v) is 9.61. The molecule has 7 nitrogen and oxygen atoms in total. The molecule has 2 rings (SSSR count). The molecule has 7 heteroatoms. The number of rotatable bonds is 2. The zero-order chi connectivity index (χ0) is 25.4. The van der Waals surface area contributed by atoms with E-state index in [0.29, 0.717) is 36.9 Å². The molecule has 1 aromatic rings. The second kappa shape index (κ2) is 13.0. The summed E-state index contributed by atoms with van der Waals surface area (Å²) >= 11 is 0. The lowest BCUT2D eigenvalue weighted by molar-refractivity contribution is -0.112. The fourth-order valence-electron chi connectivity index (χ4n) is 4.56. The van der Waals surface area contributed by atoms with E-state index in [0.717, 1.165) is 11.1 Å². The van der Waals surface area contributed by atoms with Crippen molar-refractivity contribution in [3.8, 4) is 5.75 Å². The van der Waals surface area contributed by atoms with Crippen LogP contribution in [0.2, 0.25) is 0 Å². The van der Waals surface area contributed by atoms with Gasteiger partial charge in [0.15, 0.2) is 0 Å². The van der Waals surface area contributed by atoms with Crippen LogP contribution in [0.4, 0.5) is 5.69 Å². The van der Waals surface area contributed by atoms with E-state index in [2.05, 4.69) is 12.2 Å². The molecule has 1 heterocycles. The Bertz CT molecular complexity index is 880. The lowest BCUT2D eigenvalue weighted by Gasteiger charge is -2.29. The van der Waals surface area contributed by atoms with Crippen LogP contribution >= 0.6 is 0 Å². The van der Waals surface area contributed by atoms with Crippen LogP contribution in [0.5, 0.6) is 5.75 Å². The highest BCUT2D eigenvalue weighted by molar-refractivity contribution is 6.03. The number of carbonyl (C=O) groups is 1. The number of allylic oxidation sites excluding steroid dienone is 1. The molecule has 1 aromatic carbocycles. The third-order valence-electron chi connectivity index (χ3n) is 6.58. The number of aromatic hydroxyl groups is 1. The minimum Gasteiger partial charge on any atom is -0.508 e. The molecule has 34 heavy (non-hydrogen) atoms. The summed E-state index contributed by atoms with van der Waals surface area (Å²) in [7, 11) is 3.15. The third kappa shape index (κ3) is 7.94. The second-order valence-electron chi connectivity index (χ2n) is 9.61. The first-order chi connectivity index (χ1) is 16.0. The summed E-state index contributed by atoms with van der Waals surface area (Å²) in [6.07, 6.45) is 3.62. The molecule has 1 aliphatic heterocycles. The van der Waals surface area contributed by atoms with Crippen LogP contribution in [-0.2, 0) is 20.7 Å². The van der Waals surface area contributed by atoms with Gasteiger partial charge >= 0.3 is 0 Å². The first-order valence-corrected chi connectivity index (χ1v) is 12.0. The molecule has 0 radical (unpaired) electrons. The van der Waals surface area contributed by atoms with Gasteiger partial charge < -0.3 is 30.1 Å². The van der Waals surface area contributed by atoms with Gasteiger partial charge in [0, 0.05) is 37.5 Å². The topological polar surface area (TPSA) is 108 Å². The molecule has 2 bridgehead atoms. The smallest absolute Gasteiger partial charge is 0.250 e. The van der Waals surface area contributed by atoms with Gasteiger partial charge in [-0.2, -0.15) is 0 Å². The number of amides is 1. The summed E-state index contributed by atoms with van der Waals surface area (Å²) in [6, 6.07) is 5.08. The van der Waals surface area contributed by atoms with Crippen molar-refractivity contribution in [1.29, 1.82) is 0 Å². The van der Waals surface area contributed by atoms with E-state index in [1.165, 1.54) is 6.07 Å². The molecule has 0 fully saturated rings. The van der Waals surface area contributed by atoms with E-state index in [4.69, 9.17) is 9.47 Å². The number of anilines is 1. The van der Waals surface area contributed by atoms with Crippen molar-refractivity contribution in [1.82, 2.24) is 0 Å². The van der Waals surface area contributed by atoms with E-state index in [1.54, 1.807) is 27.2 Å². The predicted molar refractivity (Wildman–Crippen MR) is 134 cm³/mol. The molecule has 0 unspecified atom stereocenters. The zero-order valence-electron chi connectivity index (χ0n) is 21.2. The monoisotopic (exact) mass is 475 g/mol. The molecule has 0 aliphatic carbocycles. The standard InChI is InChI=1S/C27H41NO6/c1-16-10-20-13-21(15-22(29)14-20)28-27(32)17(2)8-7-9-23(33-5)25(30)18(3)12-19(4)26(31)24(11-16)34-6/h8,12-16,19,23-26,29-31H,7,9-11H2,1-6H3,(H,28,32)/b17-8+,18-12+/t16-,19+,23+,24+,25+,26-/m1/s1. The van der Waals surface area contributed by atoms with Crippen LogP contribution in [0.3, 0.4) is 0 Å². The SMILES string of the molecule is CO[C@H]1C[C@H](C)Cc2cc(O)cc(c2)NC(=O)/C(C)=C/CC[C@H](OC)[C@@H](O)/C(C)=C/[C@H](C)[C@H]1O. The zero-order valence-corrected chi connectivity index (χ0v) is 21.2. The minimum absolute atomic E-state index is 0.0852. The van der Waals surface area contributed by atoms with Crippen molar-refractivity contribution in [2.75, 3.05) is 19.5 Å². The number of phenols is 1. The number of fused-ring (bicyclic) bond motifs is 2. The number of nitrogens with one attached hydrogen (secondary N) is 1. The van der Waals surface area contributed by atoms with E-state index in [1.807, 2.05) is 32.1 Å². The summed E-state index contributed by atoms with van der Waals surface area (Å²) in [5, 5.41) is 34.9. The first-order valence-electron chi connectivity index (χ1n) is 12.0. The molecule has 0 saturated carbocycles. The van der Waals surface area contributed by atoms with Crippen LogP contribution in [0.25, 0.3) is 0 Å². The van der Waals surface area contributed by atoms with Gasteiger partial charge in [-0.05, 0) is 68.7 Å². The molecule has 190 valence electrons. The molecular formula is C27H41NO6. The normalized spacial score (nSPS) is 33.4. The Labute approximate surface area is 203 Å². The molecule has 0 saturated heterocycles. The quantitative estimate of drug-likeness (QED) is 0.482. The van der Waals surface area contributed by atoms with Gasteiger partial charge in [-0.15, -0.1) is 0 Å². The number of hydrogen-bond donors (Lipinski definition) is 4. The number of ether oxygens (including phenoxy) is 2. The number of phenolic OH excluding ortho intramolecular Hbond substituents is 1. The van der Waals surface area contributed by atoms with Crippen molar-refractivity contribution in [3.63, 3.8) is 0 Å². The van der Waals surface area contributed by atoms with E-state index in [9.17, 15) is 20.1 Å². The number of carbonyl (C=O) groups excluding carboxylic acids is 1. The Kier molecular flexibility index (Phi) is 10.8. The molecular weight excluding hydrogens is 434 g/mol. The summed E-state index contributed by atoms with van der Waals surface area (Å²) in [5.74, 6) is -0.247. The number of benzene rings is 1. The number of methoxy groups -OCH3 is 2. The van der Waals surface area contributed by atoms with Crippen LogP contribution in [-0.4, -0.2) is 59.9 Å². The van der Waals surface area contributed by atoms with Crippen LogP contribution in [0.1, 0.15) is 52.5 Å². The fourth-order valence-corrected chi connectivity index (χ4v) is 4.56. The maximum atomic E-state index is 12.7. The fraction of sp³-hybridized carbons (Fsp3) is 0.593. The lowest BCUT2D eigenvalue weighted by atomic mass is 9.88. The van der Waals surface area contributed by atoms with Crippen molar-refractivity contribution >= 4 is 11.6 Å². The van der Waals surface area contributed by atoms with Crippen molar-refractivity contribution in [2.24, 2.45) is 11.8 Å². The molecule has 1 amide bonds. The lowest BCUT2D eigenvalue weighted by Crippen LogP contribution is -2.35. The Morgan fingerprint density at radius 2 is 1.71 bits per heavy atom. The highest BCUT2D eigenvalue weighted by Crippen LogP contribution is 2.27. The minimum atomic E-state index is -0.825. The third-order valence-corrected chi connectivity index (χ3v) is 6.58. The molecule has 0 spiro atoms. The summed E-state index contributed by atoms with van der Waals surface area (Å²) in [6.45, 7) is 7.55. The highest BCUT2D eigenvalue weighted by Gasteiger charge is 2.27. The summed E-state index contributed by atoms with van der Waals surface area (Å²) in [5.41, 5.74) is 2.69. The van der Waals surface area contributed by atoms with Crippen LogP contribution < -0.4 is 5.32 Å². The summed E-state index contributed by atoms with van der Waals surface area (Å²) < 4.78 is 11.2. The molecule has 6 atom stereocenters. The van der Waals surface area contributed by atoms with Gasteiger partial charge in [0.05, 0.1) is 18.3 Å². The van der Waals surface area contributed by atoms with Gasteiger partial charge in [-0.3, -0.25) is 4.79 Å². The van der Waals surface area contributed by atoms with Crippen molar-refractivity contribution < 1.29 is 29.6 Å². The Balaban J connectivity index is 2.39. The maximum Gasteiger partial charge on any atom is 0.250 e. The van der Waals surface area contributed by atoms with Crippen LogP contribution in [0, 0.1) is 11.8 Å². The van der Waals surface area contributed by atoms with E-state index < -0.39 is 24.4 Å². The molecule has 0 aromatic heterocycles. The van der Waals surface area contributed by atoms with Crippen molar-refractivity contribution in [2.45, 2.75) is 77.8 Å². The van der Waals surface area contributed by atoms with Gasteiger partial charge in [-0.25, -0.2) is 0 Å². The van der Waals surface area contributed by atoms with Gasteiger partial charge in [0.25, 0.3) is 5.91 Å². The molecule has 1 aliphatic rings. The Morgan fingerprint density at radius 1 is 1.03 bits per heavy atom. The van der Waals surface area contributed by atoms with Gasteiger partial charge in [-0.1, -0.05) is 26.0 Å². The van der Waals surface area contributed by atoms with Crippen LogP contribution in [0.15, 0.2) is 41.5 Å². The Hall–Kier alpha value is -2.19. The highest BCUT2D eigenvalue weighted by atomic mass is 16.5. The maximum absolute atomic E-state index is 12.7. The number of aliphatic hydroxyl groups is 2. The van der Waals surface area contributed by atoms with Gasteiger partial charge in [0.1, 0.15) is 11.9 Å². The first kappa shape index (κ1) is 28.1. The average molecular weight is 476 g/mol. The summed E-state index contributed by atoms with van der Waals surface area (Å²) in [4.78, 5) is 12.7. The number of hydrogen-bond acceptors (Lipinski definition) is 6. The largest absolute Gasteiger partial charge is 0.508 e. The average Bonchev–Trinajstić information content (AvgIpc) is 2.78. The van der Waals surface area contributed by atoms with E-state index in [-0.39, 0.29) is 23.5 Å². The van der Waals surface area contributed by atoms with Gasteiger partial charge in [0.2, 0.25) is 0 Å².